The van der Waals surface area contributed by atoms with Crippen LogP contribution in [0.15, 0.2) is 12.1 Å². The van der Waals surface area contributed by atoms with E-state index in [0.29, 0.717) is 6.61 Å². The highest BCUT2D eigenvalue weighted by Gasteiger charge is 2.29. The van der Waals surface area contributed by atoms with E-state index in [9.17, 15) is 5.11 Å². The molecule has 1 aliphatic rings. The summed E-state index contributed by atoms with van der Waals surface area (Å²) in [6.45, 7) is 6.35. The zero-order chi connectivity index (χ0) is 14.0. The van der Waals surface area contributed by atoms with E-state index in [4.69, 9.17) is 9.47 Å². The number of nitrogens with zero attached hydrogens (tertiary/aromatic N) is 1. The van der Waals surface area contributed by atoms with Gasteiger partial charge in [0.2, 0.25) is 0 Å². The lowest BCUT2D eigenvalue weighted by Gasteiger charge is -2.33. The molecule has 1 aromatic rings. The van der Waals surface area contributed by atoms with Crippen molar-refractivity contribution in [3.8, 4) is 5.75 Å². The lowest BCUT2D eigenvalue weighted by molar-refractivity contribution is -0.0849. The number of hydrogen-bond donors (Lipinski definition) is 1. The van der Waals surface area contributed by atoms with Crippen LogP contribution in [0.25, 0.3) is 0 Å². The minimum absolute atomic E-state index is 0.199. The van der Waals surface area contributed by atoms with Crippen molar-refractivity contribution in [1.29, 1.82) is 0 Å². The van der Waals surface area contributed by atoms with Crippen molar-refractivity contribution in [2.45, 2.75) is 26.1 Å². The van der Waals surface area contributed by atoms with E-state index in [1.165, 1.54) is 0 Å². The van der Waals surface area contributed by atoms with Gasteiger partial charge in [0.1, 0.15) is 18.0 Å². The van der Waals surface area contributed by atoms with Crippen LogP contribution in [0, 0.1) is 13.8 Å². The van der Waals surface area contributed by atoms with Gasteiger partial charge in [0.25, 0.3) is 0 Å². The molecular weight excluding hydrogens is 242 g/mol. The van der Waals surface area contributed by atoms with Crippen LogP contribution >= 0.6 is 0 Å². The van der Waals surface area contributed by atoms with Gasteiger partial charge in [0.05, 0.1) is 13.7 Å². The fraction of sp³-hybridized carbons (Fsp3) is 0.600. The van der Waals surface area contributed by atoms with Crippen LogP contribution in [0.2, 0.25) is 0 Å². The second kappa shape index (κ2) is 5.90. The molecule has 0 amide bonds. The van der Waals surface area contributed by atoms with Crippen LogP contribution < -0.4 is 4.74 Å². The van der Waals surface area contributed by atoms with Gasteiger partial charge in [0, 0.05) is 18.7 Å². The molecule has 19 heavy (non-hydrogen) atoms. The molecule has 0 spiro atoms. The molecule has 1 aliphatic heterocycles. The average Bonchev–Trinajstić information content (AvgIpc) is 2.41. The molecule has 0 bridgehead atoms. The number of methoxy groups -OCH3 is 1. The summed E-state index contributed by atoms with van der Waals surface area (Å²) in [6, 6.07) is 3.95. The van der Waals surface area contributed by atoms with E-state index in [1.54, 1.807) is 7.11 Å². The van der Waals surface area contributed by atoms with Gasteiger partial charge in [-0.05, 0) is 32.0 Å². The molecule has 2 unspecified atom stereocenters. The zero-order valence-electron chi connectivity index (χ0n) is 12.1. The molecule has 106 valence electrons. The maximum absolute atomic E-state index is 10.6. The van der Waals surface area contributed by atoms with Crippen molar-refractivity contribution in [3.63, 3.8) is 0 Å². The Hall–Kier alpha value is -1.10. The third-order valence-electron chi connectivity index (χ3n) is 3.88. The second-order valence-electron chi connectivity index (χ2n) is 5.25. The Bertz CT molecular complexity index is 447. The zero-order valence-corrected chi connectivity index (χ0v) is 12.1. The molecule has 1 N–H and O–H groups in total. The Morgan fingerprint density at radius 2 is 2.16 bits per heavy atom. The molecule has 4 nitrogen and oxygen atoms in total. The summed E-state index contributed by atoms with van der Waals surface area (Å²) in [5.41, 5.74) is 3.04. The Morgan fingerprint density at radius 3 is 2.79 bits per heavy atom. The molecule has 4 heteroatoms. The Kier molecular flexibility index (Phi) is 4.45. The topological polar surface area (TPSA) is 41.9 Å². The highest BCUT2D eigenvalue weighted by molar-refractivity contribution is 5.46. The fourth-order valence-electron chi connectivity index (χ4n) is 2.52. The molecule has 1 heterocycles. The predicted octanol–water partition coefficient (Wildman–Crippen LogP) is 1.68. The van der Waals surface area contributed by atoms with Gasteiger partial charge in [-0.2, -0.15) is 0 Å². The summed E-state index contributed by atoms with van der Waals surface area (Å²) in [7, 11) is 3.69. The predicted molar refractivity (Wildman–Crippen MR) is 74.7 cm³/mol. The average molecular weight is 265 g/mol. The Morgan fingerprint density at radius 1 is 1.42 bits per heavy atom. The van der Waals surface area contributed by atoms with Crippen LogP contribution in [0.3, 0.4) is 0 Å². The molecule has 1 aromatic carbocycles. The summed E-state index contributed by atoms with van der Waals surface area (Å²) < 4.78 is 11.2. The Balaban J connectivity index is 2.28. The molecule has 2 rings (SSSR count). The first kappa shape index (κ1) is 14.3. The third kappa shape index (κ3) is 2.91. The summed E-state index contributed by atoms with van der Waals surface area (Å²) >= 11 is 0. The van der Waals surface area contributed by atoms with Crippen molar-refractivity contribution in [3.05, 3.63) is 28.8 Å². The lowest BCUT2D eigenvalue weighted by atomic mass is 9.97. The monoisotopic (exact) mass is 265 g/mol. The maximum atomic E-state index is 10.6. The number of aliphatic hydroxyl groups excluding tert-OH is 1. The van der Waals surface area contributed by atoms with Gasteiger partial charge in [-0.3, -0.25) is 0 Å². The maximum Gasteiger partial charge on any atom is 0.127 e. The van der Waals surface area contributed by atoms with Crippen molar-refractivity contribution in [2.24, 2.45) is 0 Å². The number of aryl methyl sites for hydroxylation is 1. The molecule has 1 saturated heterocycles. The first-order valence-corrected chi connectivity index (χ1v) is 6.67. The number of hydrogen-bond acceptors (Lipinski definition) is 4. The SMILES string of the molecule is COc1c(C(O)C2CN(C)CCO2)ccc(C)c1C. The van der Waals surface area contributed by atoms with E-state index in [0.717, 1.165) is 35.5 Å². The van der Waals surface area contributed by atoms with Crippen LogP contribution in [-0.2, 0) is 4.74 Å². The van der Waals surface area contributed by atoms with Crippen LogP contribution in [0.4, 0.5) is 0 Å². The first-order valence-electron chi connectivity index (χ1n) is 6.67. The number of morpholine rings is 1. The van der Waals surface area contributed by atoms with Crippen LogP contribution in [0.1, 0.15) is 22.8 Å². The quantitative estimate of drug-likeness (QED) is 0.903. The van der Waals surface area contributed by atoms with Crippen LogP contribution in [-0.4, -0.2) is 50.0 Å². The molecule has 0 saturated carbocycles. The molecule has 0 aromatic heterocycles. The minimum atomic E-state index is -0.656. The van der Waals surface area contributed by atoms with Gasteiger partial charge in [0.15, 0.2) is 0 Å². The van der Waals surface area contributed by atoms with Crippen molar-refractivity contribution >= 4 is 0 Å². The highest BCUT2D eigenvalue weighted by atomic mass is 16.5. The standard InChI is InChI=1S/C15H23NO3/c1-10-5-6-12(15(18-4)11(10)2)14(17)13-9-16(3)7-8-19-13/h5-6,13-14,17H,7-9H2,1-4H3. The van der Waals surface area contributed by atoms with Crippen LogP contribution in [0.5, 0.6) is 5.75 Å². The van der Waals surface area contributed by atoms with Crippen molar-refractivity contribution in [1.82, 2.24) is 4.90 Å². The molecular formula is C15H23NO3. The minimum Gasteiger partial charge on any atom is -0.496 e. The van der Waals surface area contributed by atoms with E-state index in [-0.39, 0.29) is 6.10 Å². The molecule has 0 aliphatic carbocycles. The lowest BCUT2D eigenvalue weighted by Crippen LogP contribution is -2.43. The number of likely N-dealkylation sites (N-methyl/N-ethyl adjacent to an activating group) is 1. The summed E-state index contributed by atoms with van der Waals surface area (Å²) in [6.07, 6.45) is -0.855. The fourth-order valence-corrected chi connectivity index (χ4v) is 2.52. The number of aliphatic hydroxyl groups is 1. The number of rotatable bonds is 3. The summed E-state index contributed by atoms with van der Waals surface area (Å²) in [5.74, 6) is 0.768. The third-order valence-corrected chi connectivity index (χ3v) is 3.88. The normalized spacial score (nSPS) is 22.3. The van der Waals surface area contributed by atoms with Gasteiger partial charge >= 0.3 is 0 Å². The summed E-state index contributed by atoms with van der Waals surface area (Å²) in [4.78, 5) is 2.17. The summed E-state index contributed by atoms with van der Waals surface area (Å²) in [5, 5.41) is 10.6. The number of ether oxygens (including phenoxy) is 2. The highest BCUT2D eigenvalue weighted by Crippen LogP contribution is 2.33. The van der Waals surface area contributed by atoms with E-state index in [2.05, 4.69) is 4.90 Å². The smallest absolute Gasteiger partial charge is 0.127 e. The van der Waals surface area contributed by atoms with Crippen molar-refractivity contribution in [2.75, 3.05) is 33.9 Å². The van der Waals surface area contributed by atoms with E-state index < -0.39 is 6.10 Å². The number of benzene rings is 1. The Labute approximate surface area is 114 Å². The molecule has 1 fully saturated rings. The largest absolute Gasteiger partial charge is 0.496 e. The van der Waals surface area contributed by atoms with Gasteiger partial charge < -0.3 is 19.5 Å². The van der Waals surface area contributed by atoms with Crippen molar-refractivity contribution < 1.29 is 14.6 Å². The second-order valence-corrected chi connectivity index (χ2v) is 5.25. The van der Waals surface area contributed by atoms with E-state index >= 15 is 0 Å². The first-order chi connectivity index (χ1) is 9.04. The van der Waals surface area contributed by atoms with Gasteiger partial charge in [-0.15, -0.1) is 0 Å². The van der Waals surface area contributed by atoms with Gasteiger partial charge in [-0.1, -0.05) is 12.1 Å². The molecule has 0 radical (unpaired) electrons. The van der Waals surface area contributed by atoms with Gasteiger partial charge in [-0.25, -0.2) is 0 Å². The molecule has 2 atom stereocenters. The van der Waals surface area contributed by atoms with E-state index in [1.807, 2.05) is 33.0 Å².